The molecule has 1 aromatic carbocycles. The molecule has 0 aliphatic heterocycles. The molecule has 2 rings (SSSR count). The maximum atomic E-state index is 12.2. The number of hydrogen-bond acceptors (Lipinski definition) is 4. The number of aromatic carboxylic acids is 1. The number of benzene rings is 1. The largest absolute Gasteiger partial charge is 0.477 e. The van der Waals surface area contributed by atoms with Crippen molar-refractivity contribution in [3.05, 3.63) is 40.5 Å². The molecule has 9 heteroatoms. The zero-order chi connectivity index (χ0) is 14.9. The van der Waals surface area contributed by atoms with Crippen molar-refractivity contribution in [3.63, 3.8) is 0 Å². The average molecular weight is 316 g/mol. The molecule has 2 aromatic rings. The molecule has 0 amide bonds. The maximum Gasteiger partial charge on any atom is 0.353 e. The topological polar surface area (TPSA) is 112 Å². The number of aromatic amines is 1. The Morgan fingerprint density at radius 2 is 2.15 bits per heavy atom. The van der Waals surface area contributed by atoms with E-state index in [1.54, 1.807) is 13.0 Å². The number of nitrogens with one attached hydrogen (secondary N) is 2. The normalized spacial score (nSPS) is 11.3. The number of H-pyrrole nitrogens is 1. The van der Waals surface area contributed by atoms with E-state index in [-0.39, 0.29) is 16.4 Å². The maximum absolute atomic E-state index is 12.2. The molecular formula is C11H10ClN3O4S. The lowest BCUT2D eigenvalue weighted by Gasteiger charge is -2.09. The number of hydrogen-bond donors (Lipinski definition) is 3. The lowest BCUT2D eigenvalue weighted by molar-refractivity contribution is 0.0690. The van der Waals surface area contributed by atoms with Crippen LogP contribution >= 0.6 is 11.6 Å². The number of aromatic nitrogens is 2. The Labute approximate surface area is 119 Å². The molecule has 0 radical (unpaired) electrons. The highest BCUT2D eigenvalue weighted by Crippen LogP contribution is 2.24. The van der Waals surface area contributed by atoms with Crippen molar-refractivity contribution in [2.75, 3.05) is 4.72 Å². The summed E-state index contributed by atoms with van der Waals surface area (Å²) in [6.07, 6.45) is 0. The van der Waals surface area contributed by atoms with Crippen molar-refractivity contribution in [2.45, 2.75) is 11.8 Å². The Hall–Kier alpha value is -2.06. The summed E-state index contributed by atoms with van der Waals surface area (Å²) in [5.41, 5.74) is 0.182. The third-order valence-electron chi connectivity index (χ3n) is 2.55. The molecule has 20 heavy (non-hydrogen) atoms. The van der Waals surface area contributed by atoms with E-state index in [9.17, 15) is 13.2 Å². The van der Waals surface area contributed by atoms with E-state index in [1.165, 1.54) is 12.1 Å². The molecule has 0 aliphatic carbocycles. The highest BCUT2D eigenvalue weighted by Gasteiger charge is 2.20. The number of carbonyl (C=O) groups is 1. The fraction of sp³-hybridized carbons (Fsp3) is 0.0909. The molecule has 0 atom stereocenters. The Bertz CT molecular complexity index is 770. The van der Waals surface area contributed by atoms with Gasteiger partial charge in [-0.2, -0.15) is 5.10 Å². The van der Waals surface area contributed by atoms with E-state index in [1.807, 2.05) is 0 Å². The molecule has 0 aliphatic rings. The summed E-state index contributed by atoms with van der Waals surface area (Å²) in [6.45, 7) is 1.57. The first-order valence-corrected chi connectivity index (χ1v) is 7.24. The van der Waals surface area contributed by atoms with Gasteiger partial charge in [0, 0.05) is 11.1 Å². The van der Waals surface area contributed by atoms with Crippen LogP contribution < -0.4 is 4.72 Å². The molecule has 106 valence electrons. The monoisotopic (exact) mass is 315 g/mol. The zero-order valence-corrected chi connectivity index (χ0v) is 11.8. The first kappa shape index (κ1) is 14.4. The summed E-state index contributed by atoms with van der Waals surface area (Å²) in [5.74, 6) is -1.34. The number of rotatable bonds is 4. The van der Waals surface area contributed by atoms with Gasteiger partial charge in [0.15, 0.2) is 5.82 Å². The minimum absolute atomic E-state index is 0.00451. The van der Waals surface area contributed by atoms with Crippen molar-refractivity contribution >= 4 is 33.4 Å². The molecule has 0 fully saturated rings. The number of nitrogens with zero attached hydrogens (tertiary/aromatic N) is 1. The van der Waals surface area contributed by atoms with Crippen LogP contribution in [0.25, 0.3) is 0 Å². The third kappa shape index (κ3) is 2.75. The molecule has 0 saturated heterocycles. The summed E-state index contributed by atoms with van der Waals surface area (Å²) in [6, 6.07) is 5.57. The minimum Gasteiger partial charge on any atom is -0.477 e. The van der Waals surface area contributed by atoms with Gasteiger partial charge in [0.1, 0.15) is 5.69 Å². The van der Waals surface area contributed by atoms with Gasteiger partial charge in [0.2, 0.25) is 0 Å². The van der Waals surface area contributed by atoms with Gasteiger partial charge in [0.25, 0.3) is 10.0 Å². The second kappa shape index (κ2) is 5.14. The van der Waals surface area contributed by atoms with E-state index >= 15 is 0 Å². The van der Waals surface area contributed by atoms with Crippen LogP contribution in [0.2, 0.25) is 5.02 Å². The third-order valence-corrected chi connectivity index (χ3v) is 4.46. The van der Waals surface area contributed by atoms with Gasteiger partial charge in [-0.25, -0.2) is 13.2 Å². The highest BCUT2D eigenvalue weighted by atomic mass is 35.5. The van der Waals surface area contributed by atoms with E-state index < -0.39 is 16.0 Å². The summed E-state index contributed by atoms with van der Waals surface area (Å²) < 4.78 is 26.6. The molecule has 0 bridgehead atoms. The van der Waals surface area contributed by atoms with Gasteiger partial charge in [0.05, 0.1) is 4.90 Å². The van der Waals surface area contributed by atoms with Crippen LogP contribution in [0.4, 0.5) is 5.82 Å². The van der Waals surface area contributed by atoms with Gasteiger partial charge < -0.3 is 5.11 Å². The van der Waals surface area contributed by atoms with Crippen molar-refractivity contribution in [1.29, 1.82) is 0 Å². The lowest BCUT2D eigenvalue weighted by atomic mass is 10.2. The van der Waals surface area contributed by atoms with Crippen molar-refractivity contribution < 1.29 is 18.3 Å². The number of sulfonamides is 1. The van der Waals surface area contributed by atoms with E-state index in [4.69, 9.17) is 16.7 Å². The second-order valence-corrected chi connectivity index (χ2v) is 6.00. The molecule has 0 saturated carbocycles. The first-order chi connectivity index (χ1) is 9.31. The summed E-state index contributed by atoms with van der Waals surface area (Å²) >= 11 is 5.88. The summed E-state index contributed by atoms with van der Waals surface area (Å²) in [5, 5.41) is 14.8. The SMILES string of the molecule is Cc1c(Cl)cccc1S(=O)(=O)Nc1cc(C(=O)O)[nH]n1. The van der Waals surface area contributed by atoms with Crippen LogP contribution in [0.3, 0.4) is 0 Å². The fourth-order valence-corrected chi connectivity index (χ4v) is 3.05. The van der Waals surface area contributed by atoms with Gasteiger partial charge in [-0.3, -0.25) is 9.82 Å². The van der Waals surface area contributed by atoms with E-state index in [0.29, 0.717) is 10.6 Å². The van der Waals surface area contributed by atoms with Crippen molar-refractivity contribution in [2.24, 2.45) is 0 Å². The van der Waals surface area contributed by atoms with Gasteiger partial charge >= 0.3 is 5.97 Å². The van der Waals surface area contributed by atoms with E-state index in [0.717, 1.165) is 6.07 Å². The molecule has 0 unspecified atom stereocenters. The predicted molar refractivity (Wildman–Crippen MR) is 72.5 cm³/mol. The fourth-order valence-electron chi connectivity index (χ4n) is 1.56. The smallest absolute Gasteiger partial charge is 0.353 e. The van der Waals surface area contributed by atoms with Crippen LogP contribution in [0, 0.1) is 6.92 Å². The zero-order valence-electron chi connectivity index (χ0n) is 10.2. The predicted octanol–water partition coefficient (Wildman–Crippen LogP) is 1.87. The Morgan fingerprint density at radius 3 is 2.75 bits per heavy atom. The quantitative estimate of drug-likeness (QED) is 0.797. The summed E-state index contributed by atoms with van der Waals surface area (Å²) in [4.78, 5) is 10.7. The molecule has 0 spiro atoms. The number of anilines is 1. The molecule has 1 heterocycles. The van der Waals surface area contributed by atoms with Crippen LogP contribution in [0.15, 0.2) is 29.2 Å². The van der Waals surface area contributed by atoms with Crippen LogP contribution in [0.5, 0.6) is 0 Å². The van der Waals surface area contributed by atoms with Crippen LogP contribution in [-0.4, -0.2) is 29.7 Å². The van der Waals surface area contributed by atoms with Gasteiger partial charge in [-0.15, -0.1) is 0 Å². The first-order valence-electron chi connectivity index (χ1n) is 5.38. The van der Waals surface area contributed by atoms with Crippen molar-refractivity contribution in [1.82, 2.24) is 10.2 Å². The molecule has 1 aromatic heterocycles. The number of halogens is 1. The van der Waals surface area contributed by atoms with E-state index in [2.05, 4.69) is 14.9 Å². The van der Waals surface area contributed by atoms with Gasteiger partial charge in [-0.1, -0.05) is 17.7 Å². The highest BCUT2D eigenvalue weighted by molar-refractivity contribution is 7.92. The number of carboxylic acid groups (broad SMARTS) is 1. The second-order valence-electron chi connectivity index (χ2n) is 3.94. The molecular weight excluding hydrogens is 306 g/mol. The lowest BCUT2D eigenvalue weighted by Crippen LogP contribution is -2.14. The Morgan fingerprint density at radius 1 is 1.45 bits per heavy atom. The van der Waals surface area contributed by atoms with Crippen LogP contribution in [0.1, 0.15) is 16.1 Å². The minimum atomic E-state index is -3.89. The average Bonchev–Trinajstić information content (AvgIpc) is 2.80. The molecule has 3 N–H and O–H groups in total. The number of carboxylic acids is 1. The standard InChI is InChI=1S/C11H10ClN3O4S/c1-6-7(12)3-2-4-9(6)20(18,19)15-10-5-8(11(16)17)13-14-10/h2-5H,1H3,(H,16,17)(H2,13,14,15). The van der Waals surface area contributed by atoms with Crippen molar-refractivity contribution in [3.8, 4) is 0 Å². The Balaban J connectivity index is 2.35. The van der Waals surface area contributed by atoms with Gasteiger partial charge in [-0.05, 0) is 24.6 Å². The Kier molecular flexibility index (Phi) is 3.69. The van der Waals surface area contributed by atoms with Crippen LogP contribution in [-0.2, 0) is 10.0 Å². The molecule has 7 nitrogen and oxygen atoms in total. The summed E-state index contributed by atoms with van der Waals surface area (Å²) in [7, 11) is -3.89.